The van der Waals surface area contributed by atoms with Crippen LogP contribution in [0, 0.1) is 5.92 Å². The lowest BCUT2D eigenvalue weighted by atomic mass is 9.86. The molecule has 1 saturated heterocycles. The Kier molecular flexibility index (Phi) is 6.42. The number of carbonyl (C=O) groups excluding carboxylic acids is 2. The molecule has 2 fully saturated rings. The van der Waals surface area contributed by atoms with Crippen LogP contribution in [-0.4, -0.2) is 40.8 Å². The lowest BCUT2D eigenvalue weighted by Crippen LogP contribution is -2.46. The molecule has 0 radical (unpaired) electrons. The average molecular weight is 343 g/mol. The van der Waals surface area contributed by atoms with E-state index in [9.17, 15) is 9.59 Å². The maximum Gasteiger partial charge on any atom is 0.272 e. The Labute approximate surface area is 150 Å². The van der Waals surface area contributed by atoms with Crippen LogP contribution in [0.1, 0.15) is 68.3 Å². The summed E-state index contributed by atoms with van der Waals surface area (Å²) in [6.45, 7) is 1.37. The van der Waals surface area contributed by atoms with E-state index in [2.05, 4.69) is 10.3 Å². The smallest absolute Gasteiger partial charge is 0.272 e. The summed E-state index contributed by atoms with van der Waals surface area (Å²) in [4.78, 5) is 30.5. The van der Waals surface area contributed by atoms with Gasteiger partial charge in [-0.1, -0.05) is 38.2 Å². The first-order valence-electron chi connectivity index (χ1n) is 9.72. The Morgan fingerprint density at radius 2 is 1.84 bits per heavy atom. The van der Waals surface area contributed by atoms with Crippen molar-refractivity contribution in [2.45, 2.75) is 63.8 Å². The molecule has 136 valence electrons. The van der Waals surface area contributed by atoms with Gasteiger partial charge in [-0.2, -0.15) is 0 Å². The summed E-state index contributed by atoms with van der Waals surface area (Å²) in [6.07, 6.45) is 11.6. The summed E-state index contributed by atoms with van der Waals surface area (Å²) in [7, 11) is 0. The molecular weight excluding hydrogens is 314 g/mol. The van der Waals surface area contributed by atoms with Gasteiger partial charge in [0.2, 0.25) is 5.91 Å². The van der Waals surface area contributed by atoms with E-state index in [0.717, 1.165) is 25.2 Å². The number of amides is 2. The largest absolute Gasteiger partial charge is 0.353 e. The van der Waals surface area contributed by atoms with Crippen LogP contribution in [0.4, 0.5) is 0 Å². The van der Waals surface area contributed by atoms with Crippen LogP contribution in [0.3, 0.4) is 0 Å². The highest BCUT2D eigenvalue weighted by Crippen LogP contribution is 2.27. The molecule has 25 heavy (non-hydrogen) atoms. The Bertz CT molecular complexity index is 562. The molecule has 1 aliphatic carbocycles. The van der Waals surface area contributed by atoms with Crippen molar-refractivity contribution < 1.29 is 9.59 Å². The lowest BCUT2D eigenvalue weighted by Gasteiger charge is -2.32. The number of aromatic nitrogens is 1. The molecule has 0 bridgehead atoms. The third-order valence-electron chi connectivity index (χ3n) is 5.54. The molecular formula is C20H29N3O2. The minimum atomic E-state index is -0.0114. The first kappa shape index (κ1) is 17.9. The van der Waals surface area contributed by atoms with Gasteiger partial charge in [-0.3, -0.25) is 14.6 Å². The van der Waals surface area contributed by atoms with E-state index >= 15 is 0 Å². The van der Waals surface area contributed by atoms with E-state index in [0.29, 0.717) is 25.2 Å². The molecule has 5 heteroatoms. The number of rotatable bonds is 5. The van der Waals surface area contributed by atoms with E-state index < -0.39 is 0 Å². The first-order chi connectivity index (χ1) is 12.2. The van der Waals surface area contributed by atoms with Crippen LogP contribution in [0.15, 0.2) is 24.4 Å². The van der Waals surface area contributed by atoms with Crippen LogP contribution >= 0.6 is 0 Å². The minimum absolute atomic E-state index is 0.0114. The fourth-order valence-corrected chi connectivity index (χ4v) is 3.99. The van der Waals surface area contributed by atoms with Crippen LogP contribution in [0.25, 0.3) is 0 Å². The molecule has 1 N–H and O–H groups in total. The van der Waals surface area contributed by atoms with E-state index in [4.69, 9.17) is 0 Å². The van der Waals surface area contributed by atoms with Crippen molar-refractivity contribution in [2.24, 2.45) is 5.92 Å². The van der Waals surface area contributed by atoms with Crippen LogP contribution in [0.2, 0.25) is 0 Å². The highest BCUT2D eigenvalue weighted by molar-refractivity contribution is 5.92. The summed E-state index contributed by atoms with van der Waals surface area (Å²) in [5, 5.41) is 3.17. The summed E-state index contributed by atoms with van der Waals surface area (Å²) < 4.78 is 0. The van der Waals surface area contributed by atoms with Gasteiger partial charge in [-0.25, -0.2) is 0 Å². The van der Waals surface area contributed by atoms with Gasteiger partial charge >= 0.3 is 0 Å². The van der Waals surface area contributed by atoms with E-state index in [-0.39, 0.29) is 17.9 Å². The van der Waals surface area contributed by atoms with Crippen molar-refractivity contribution in [3.8, 4) is 0 Å². The Morgan fingerprint density at radius 1 is 1.08 bits per heavy atom. The number of nitrogens with one attached hydrogen (secondary N) is 1. The number of pyridine rings is 1. The first-order valence-corrected chi connectivity index (χ1v) is 9.72. The highest BCUT2D eigenvalue weighted by atomic mass is 16.2. The lowest BCUT2D eigenvalue weighted by molar-refractivity contribution is -0.122. The Hall–Kier alpha value is -1.91. The monoisotopic (exact) mass is 343 g/mol. The van der Waals surface area contributed by atoms with Gasteiger partial charge in [0.1, 0.15) is 5.69 Å². The molecule has 5 nitrogen and oxygen atoms in total. The molecule has 2 heterocycles. The normalized spacial score (nSPS) is 19.6. The van der Waals surface area contributed by atoms with Gasteiger partial charge in [0.25, 0.3) is 5.91 Å². The number of likely N-dealkylation sites (tertiary alicyclic amines) is 1. The second-order valence-corrected chi connectivity index (χ2v) is 7.39. The average Bonchev–Trinajstić information content (AvgIpc) is 2.68. The van der Waals surface area contributed by atoms with Crippen LogP contribution in [0.5, 0.6) is 0 Å². The number of nitrogens with zero attached hydrogens (tertiary/aromatic N) is 2. The van der Waals surface area contributed by atoms with Crippen molar-refractivity contribution in [3.05, 3.63) is 30.1 Å². The molecule has 2 amide bonds. The van der Waals surface area contributed by atoms with E-state index in [1.807, 2.05) is 17.0 Å². The predicted octanol–water partition coefficient (Wildman–Crippen LogP) is 3.16. The van der Waals surface area contributed by atoms with Crippen molar-refractivity contribution in [2.75, 3.05) is 13.1 Å². The summed E-state index contributed by atoms with van der Waals surface area (Å²) in [5.74, 6) is 0.917. The van der Waals surface area contributed by atoms with Crippen molar-refractivity contribution in [1.29, 1.82) is 0 Å². The van der Waals surface area contributed by atoms with E-state index in [1.165, 1.54) is 32.1 Å². The maximum atomic E-state index is 12.4. The Balaban J connectivity index is 1.37. The third-order valence-corrected chi connectivity index (χ3v) is 5.54. The molecule has 0 spiro atoms. The van der Waals surface area contributed by atoms with E-state index in [1.54, 1.807) is 12.3 Å². The number of piperidine rings is 1. The molecule has 1 saturated carbocycles. The van der Waals surface area contributed by atoms with Crippen LogP contribution < -0.4 is 5.32 Å². The third kappa shape index (κ3) is 5.28. The van der Waals surface area contributed by atoms with Gasteiger partial charge in [0, 0.05) is 31.7 Å². The SMILES string of the molecule is O=C(CCC1CCCCC1)NC1CCN(C(=O)c2ccccn2)CC1. The maximum absolute atomic E-state index is 12.4. The molecule has 0 aromatic carbocycles. The predicted molar refractivity (Wildman–Crippen MR) is 97.1 cm³/mol. The van der Waals surface area contributed by atoms with Gasteiger partial charge in [0.05, 0.1) is 0 Å². The van der Waals surface area contributed by atoms with Gasteiger partial charge < -0.3 is 10.2 Å². The second kappa shape index (κ2) is 8.97. The van der Waals surface area contributed by atoms with Gasteiger partial charge in [-0.05, 0) is 37.3 Å². The fourth-order valence-electron chi connectivity index (χ4n) is 3.99. The van der Waals surface area contributed by atoms with Crippen molar-refractivity contribution in [3.63, 3.8) is 0 Å². The zero-order chi connectivity index (χ0) is 17.5. The minimum Gasteiger partial charge on any atom is -0.353 e. The number of hydrogen-bond donors (Lipinski definition) is 1. The summed E-state index contributed by atoms with van der Waals surface area (Å²) >= 11 is 0. The quantitative estimate of drug-likeness (QED) is 0.893. The molecule has 0 unspecified atom stereocenters. The topological polar surface area (TPSA) is 62.3 Å². The fraction of sp³-hybridized carbons (Fsp3) is 0.650. The Morgan fingerprint density at radius 3 is 2.52 bits per heavy atom. The molecule has 1 aromatic heterocycles. The number of hydrogen-bond acceptors (Lipinski definition) is 3. The van der Waals surface area contributed by atoms with Crippen LogP contribution in [-0.2, 0) is 4.79 Å². The molecule has 1 aromatic rings. The zero-order valence-corrected chi connectivity index (χ0v) is 15.0. The van der Waals surface area contributed by atoms with Gasteiger partial charge in [0.15, 0.2) is 0 Å². The molecule has 2 aliphatic rings. The highest BCUT2D eigenvalue weighted by Gasteiger charge is 2.25. The summed E-state index contributed by atoms with van der Waals surface area (Å²) in [6, 6.07) is 5.60. The zero-order valence-electron chi connectivity index (χ0n) is 15.0. The van der Waals surface area contributed by atoms with Crippen molar-refractivity contribution in [1.82, 2.24) is 15.2 Å². The summed E-state index contributed by atoms with van der Waals surface area (Å²) in [5.41, 5.74) is 0.498. The molecule has 0 atom stereocenters. The second-order valence-electron chi connectivity index (χ2n) is 7.39. The molecule has 3 rings (SSSR count). The number of carbonyl (C=O) groups is 2. The van der Waals surface area contributed by atoms with Crippen molar-refractivity contribution >= 4 is 11.8 Å². The van der Waals surface area contributed by atoms with Gasteiger partial charge in [-0.15, -0.1) is 0 Å². The molecule has 1 aliphatic heterocycles. The standard InChI is InChI=1S/C20H29N3O2/c24-19(10-9-16-6-2-1-3-7-16)22-17-11-14-23(15-12-17)20(25)18-8-4-5-13-21-18/h4-5,8,13,16-17H,1-3,6-7,9-12,14-15H2,(H,22,24).